The Bertz CT molecular complexity index is 612. The zero-order valence-electron chi connectivity index (χ0n) is 7.99. The van der Waals surface area contributed by atoms with Gasteiger partial charge in [0.2, 0.25) is 0 Å². The topological polar surface area (TPSA) is 88.5 Å². The van der Waals surface area contributed by atoms with Gasteiger partial charge < -0.3 is 0 Å². The smallest absolute Gasteiger partial charge is 0.262 e. The van der Waals surface area contributed by atoms with Gasteiger partial charge in [0.1, 0.15) is 0 Å². The lowest BCUT2D eigenvalue weighted by Crippen LogP contribution is -2.10. The largest absolute Gasteiger partial charge is 0.418 e. The highest BCUT2D eigenvalue weighted by Crippen LogP contribution is 2.14. The van der Waals surface area contributed by atoms with Crippen molar-refractivity contribution in [3.05, 3.63) is 36.4 Å². The van der Waals surface area contributed by atoms with Crippen LogP contribution < -0.4 is 5.48 Å². The van der Waals surface area contributed by atoms with Crippen molar-refractivity contribution in [3.8, 4) is 0 Å². The van der Waals surface area contributed by atoms with Crippen molar-refractivity contribution in [3.63, 3.8) is 0 Å². The SMILES string of the molecule is O=S(=O)(O)ONc1ccc2ccccc2n1. The van der Waals surface area contributed by atoms with Crippen molar-refractivity contribution in [2.45, 2.75) is 0 Å². The zero-order valence-corrected chi connectivity index (χ0v) is 8.81. The van der Waals surface area contributed by atoms with E-state index in [1.807, 2.05) is 23.7 Å². The molecule has 0 aliphatic rings. The van der Waals surface area contributed by atoms with Gasteiger partial charge in [-0.1, -0.05) is 18.2 Å². The molecular weight excluding hydrogens is 232 g/mol. The summed E-state index contributed by atoms with van der Waals surface area (Å²) in [6.07, 6.45) is 0. The molecule has 0 spiro atoms. The fraction of sp³-hybridized carbons (Fsp3) is 0. The molecule has 0 bridgehead atoms. The maximum atomic E-state index is 10.3. The van der Waals surface area contributed by atoms with Gasteiger partial charge in [-0.05, 0) is 18.2 Å². The molecule has 2 N–H and O–H groups in total. The third-order valence-electron chi connectivity index (χ3n) is 1.85. The molecule has 0 fully saturated rings. The number of benzene rings is 1. The minimum Gasteiger partial charge on any atom is -0.262 e. The van der Waals surface area contributed by atoms with E-state index in [2.05, 4.69) is 9.27 Å². The van der Waals surface area contributed by atoms with E-state index in [4.69, 9.17) is 4.55 Å². The highest BCUT2D eigenvalue weighted by Gasteiger charge is 2.05. The molecule has 0 aliphatic carbocycles. The van der Waals surface area contributed by atoms with Crippen molar-refractivity contribution < 1.29 is 17.3 Å². The predicted molar refractivity (Wildman–Crippen MR) is 58.0 cm³/mol. The van der Waals surface area contributed by atoms with Crippen LogP contribution in [0.15, 0.2) is 36.4 Å². The first-order chi connectivity index (χ1) is 7.54. The normalized spacial score (nSPS) is 11.6. The fourth-order valence-electron chi connectivity index (χ4n) is 1.22. The Hall–Kier alpha value is -1.70. The number of hydrogen-bond donors (Lipinski definition) is 2. The molecule has 0 aliphatic heterocycles. The Morgan fingerprint density at radius 1 is 1.19 bits per heavy atom. The molecule has 7 heteroatoms. The number of anilines is 1. The lowest BCUT2D eigenvalue weighted by Gasteiger charge is -2.03. The number of fused-ring (bicyclic) bond motifs is 1. The van der Waals surface area contributed by atoms with Crippen molar-refractivity contribution >= 4 is 27.1 Å². The summed E-state index contributed by atoms with van der Waals surface area (Å²) >= 11 is 0. The highest BCUT2D eigenvalue weighted by atomic mass is 32.3. The molecule has 0 amide bonds. The Morgan fingerprint density at radius 2 is 1.94 bits per heavy atom. The molecule has 0 atom stereocenters. The van der Waals surface area contributed by atoms with Crippen LogP contribution in [0.2, 0.25) is 0 Å². The molecule has 0 saturated heterocycles. The summed E-state index contributed by atoms with van der Waals surface area (Å²) in [5, 5.41) is 0.917. The second-order valence-corrected chi connectivity index (χ2v) is 4.02. The van der Waals surface area contributed by atoms with Crippen molar-refractivity contribution in [1.29, 1.82) is 0 Å². The number of aromatic nitrogens is 1. The number of para-hydroxylation sites is 1. The monoisotopic (exact) mass is 240 g/mol. The summed E-state index contributed by atoms with van der Waals surface area (Å²) in [4.78, 5) is 4.07. The molecule has 16 heavy (non-hydrogen) atoms. The minimum atomic E-state index is -4.53. The molecule has 2 aromatic rings. The first-order valence-corrected chi connectivity index (χ1v) is 5.69. The van der Waals surface area contributed by atoms with Gasteiger partial charge in [-0.15, -0.1) is 4.28 Å². The number of rotatable bonds is 3. The van der Waals surface area contributed by atoms with Gasteiger partial charge in [-0.3, -0.25) is 4.55 Å². The lowest BCUT2D eigenvalue weighted by atomic mass is 10.2. The van der Waals surface area contributed by atoms with Crippen molar-refractivity contribution in [2.75, 3.05) is 5.48 Å². The van der Waals surface area contributed by atoms with E-state index in [0.29, 0.717) is 5.52 Å². The molecule has 1 aromatic heterocycles. The van der Waals surface area contributed by atoms with Crippen LogP contribution in [0.1, 0.15) is 0 Å². The summed E-state index contributed by atoms with van der Waals surface area (Å²) in [5.74, 6) is 0.191. The van der Waals surface area contributed by atoms with Crippen LogP contribution in [-0.2, 0) is 14.7 Å². The van der Waals surface area contributed by atoms with E-state index in [0.717, 1.165) is 5.39 Å². The maximum Gasteiger partial charge on any atom is 0.418 e. The molecule has 1 heterocycles. The van der Waals surface area contributed by atoms with Gasteiger partial charge in [-0.2, -0.15) is 8.42 Å². The third-order valence-corrected chi connectivity index (χ3v) is 2.14. The van der Waals surface area contributed by atoms with E-state index in [1.54, 1.807) is 12.1 Å². The molecule has 1 aromatic carbocycles. The third kappa shape index (κ3) is 2.66. The quantitative estimate of drug-likeness (QED) is 0.622. The summed E-state index contributed by atoms with van der Waals surface area (Å²) < 4.78 is 33.0. The van der Waals surface area contributed by atoms with E-state index in [9.17, 15) is 8.42 Å². The Morgan fingerprint density at radius 3 is 2.69 bits per heavy atom. The van der Waals surface area contributed by atoms with Gasteiger partial charge >= 0.3 is 10.4 Å². The zero-order chi connectivity index (χ0) is 11.6. The fourth-order valence-corrected chi connectivity index (χ4v) is 1.41. The van der Waals surface area contributed by atoms with Crippen LogP contribution >= 0.6 is 0 Å². The van der Waals surface area contributed by atoms with Crippen LogP contribution in [0, 0.1) is 0 Å². The van der Waals surface area contributed by atoms with Gasteiger partial charge in [0.05, 0.1) is 5.52 Å². The maximum absolute atomic E-state index is 10.3. The Kier molecular flexibility index (Phi) is 2.73. The van der Waals surface area contributed by atoms with Crippen LogP contribution in [0.3, 0.4) is 0 Å². The number of nitrogens with one attached hydrogen (secondary N) is 1. The van der Waals surface area contributed by atoms with Gasteiger partial charge in [0.15, 0.2) is 5.82 Å². The van der Waals surface area contributed by atoms with E-state index < -0.39 is 10.4 Å². The number of pyridine rings is 1. The highest BCUT2D eigenvalue weighted by molar-refractivity contribution is 7.80. The molecule has 0 unspecified atom stereocenters. The average molecular weight is 240 g/mol. The number of nitrogens with zero attached hydrogens (tertiary/aromatic N) is 1. The Labute approximate surface area is 91.8 Å². The summed E-state index contributed by atoms with van der Waals surface area (Å²) in [5.41, 5.74) is 2.71. The number of hydrogen-bond acceptors (Lipinski definition) is 5. The van der Waals surface area contributed by atoms with Crippen LogP contribution in [0.4, 0.5) is 5.82 Å². The van der Waals surface area contributed by atoms with Gasteiger partial charge in [0.25, 0.3) is 0 Å². The summed E-state index contributed by atoms with van der Waals surface area (Å²) in [6.45, 7) is 0. The molecule has 0 radical (unpaired) electrons. The molecule has 2 rings (SSSR count). The minimum absolute atomic E-state index is 0.191. The lowest BCUT2D eigenvalue weighted by molar-refractivity contribution is 0.319. The molecule has 0 saturated carbocycles. The first kappa shape index (κ1) is 10.8. The van der Waals surface area contributed by atoms with Gasteiger partial charge in [-0.25, -0.2) is 10.5 Å². The molecule has 6 nitrogen and oxygen atoms in total. The summed E-state index contributed by atoms with van der Waals surface area (Å²) in [6, 6.07) is 10.6. The summed E-state index contributed by atoms with van der Waals surface area (Å²) in [7, 11) is -4.53. The standard InChI is InChI=1S/C9H8N2O4S/c12-16(13,14)15-11-9-6-5-7-3-1-2-4-8(7)10-9/h1-6H,(H,10,11)(H,12,13,14). The van der Waals surface area contributed by atoms with Crippen LogP contribution in [0.5, 0.6) is 0 Å². The molecular formula is C9H8N2O4S. The Balaban J connectivity index is 2.26. The van der Waals surface area contributed by atoms with Crippen molar-refractivity contribution in [2.24, 2.45) is 0 Å². The first-order valence-electron chi connectivity index (χ1n) is 4.32. The average Bonchev–Trinajstić information content (AvgIpc) is 2.25. The van der Waals surface area contributed by atoms with E-state index in [1.165, 1.54) is 6.07 Å². The second-order valence-electron chi connectivity index (χ2n) is 3.00. The van der Waals surface area contributed by atoms with Gasteiger partial charge in [0, 0.05) is 5.39 Å². The second kappa shape index (κ2) is 4.05. The van der Waals surface area contributed by atoms with Crippen LogP contribution in [0.25, 0.3) is 10.9 Å². The van der Waals surface area contributed by atoms with Crippen molar-refractivity contribution in [1.82, 2.24) is 4.98 Å². The van der Waals surface area contributed by atoms with E-state index >= 15 is 0 Å². The van der Waals surface area contributed by atoms with E-state index in [-0.39, 0.29) is 5.82 Å². The van der Waals surface area contributed by atoms with Crippen LogP contribution in [-0.4, -0.2) is 18.0 Å². The predicted octanol–water partition coefficient (Wildman–Crippen LogP) is 1.38. The molecule has 84 valence electrons.